The zero-order chi connectivity index (χ0) is 25.2. The average molecular weight is 494 g/mol. The molecular formula is C24H27N7O3S. The molecule has 10 nitrogen and oxygen atoms in total. The van der Waals surface area contributed by atoms with Gasteiger partial charge in [-0.1, -0.05) is 30.3 Å². The number of nitrogens with zero attached hydrogens (tertiary/aromatic N) is 6. The second kappa shape index (κ2) is 9.80. The lowest BCUT2D eigenvalue weighted by atomic mass is 10.1. The third-order valence-electron chi connectivity index (χ3n) is 5.43. The van der Waals surface area contributed by atoms with Crippen LogP contribution in [0.1, 0.15) is 47.5 Å². The van der Waals surface area contributed by atoms with E-state index in [0.717, 1.165) is 11.1 Å². The zero-order valence-electron chi connectivity index (χ0n) is 19.7. The van der Waals surface area contributed by atoms with Crippen LogP contribution in [0.5, 0.6) is 0 Å². The fourth-order valence-electron chi connectivity index (χ4n) is 3.57. The van der Waals surface area contributed by atoms with Crippen LogP contribution in [0, 0.1) is 0 Å². The number of amides is 1. The first-order valence-corrected chi connectivity index (χ1v) is 12.6. The van der Waals surface area contributed by atoms with Crippen LogP contribution in [-0.4, -0.2) is 50.8 Å². The molecule has 1 amide bonds. The Labute approximate surface area is 204 Å². The van der Waals surface area contributed by atoms with Crippen molar-refractivity contribution < 1.29 is 13.2 Å². The Hall–Kier alpha value is -3.83. The van der Waals surface area contributed by atoms with Crippen LogP contribution >= 0.6 is 0 Å². The summed E-state index contributed by atoms with van der Waals surface area (Å²) in [6, 6.07) is 15.9. The molecule has 0 bridgehead atoms. The molecule has 0 saturated carbocycles. The molecule has 0 aliphatic carbocycles. The van der Waals surface area contributed by atoms with Crippen molar-refractivity contribution in [1.29, 1.82) is 0 Å². The van der Waals surface area contributed by atoms with Gasteiger partial charge < -0.3 is 4.90 Å². The fourth-order valence-corrected chi connectivity index (χ4v) is 4.08. The molecule has 2 heterocycles. The van der Waals surface area contributed by atoms with E-state index in [4.69, 9.17) is 5.14 Å². The van der Waals surface area contributed by atoms with Crippen LogP contribution in [0.2, 0.25) is 0 Å². The van der Waals surface area contributed by atoms with Crippen LogP contribution < -0.4 is 5.14 Å². The van der Waals surface area contributed by atoms with Gasteiger partial charge in [-0.3, -0.25) is 9.48 Å². The summed E-state index contributed by atoms with van der Waals surface area (Å²) in [6.45, 7) is 4.43. The quantitative estimate of drug-likeness (QED) is 0.402. The van der Waals surface area contributed by atoms with E-state index >= 15 is 0 Å². The van der Waals surface area contributed by atoms with E-state index in [1.165, 1.54) is 17.0 Å². The Balaban J connectivity index is 1.64. The summed E-state index contributed by atoms with van der Waals surface area (Å²) in [4.78, 5) is 19.3. The van der Waals surface area contributed by atoms with Crippen molar-refractivity contribution in [1.82, 2.24) is 29.4 Å². The first-order valence-electron chi connectivity index (χ1n) is 11.0. The number of hydrogen-bond donors (Lipinski definition) is 1. The van der Waals surface area contributed by atoms with Gasteiger partial charge in [-0.2, -0.15) is 5.10 Å². The van der Waals surface area contributed by atoms with Crippen LogP contribution in [0.25, 0.3) is 5.69 Å². The van der Waals surface area contributed by atoms with Gasteiger partial charge in [0.05, 0.1) is 16.8 Å². The number of carbonyl (C=O) groups excluding carboxylic acids is 1. The molecule has 0 saturated heterocycles. The predicted molar refractivity (Wildman–Crippen MR) is 130 cm³/mol. The summed E-state index contributed by atoms with van der Waals surface area (Å²) >= 11 is 0. The Morgan fingerprint density at radius 1 is 1.06 bits per heavy atom. The molecule has 2 N–H and O–H groups in total. The van der Waals surface area contributed by atoms with Crippen molar-refractivity contribution in [2.24, 2.45) is 5.14 Å². The van der Waals surface area contributed by atoms with E-state index < -0.39 is 10.0 Å². The lowest BCUT2D eigenvalue weighted by molar-refractivity contribution is 0.0773. The van der Waals surface area contributed by atoms with Gasteiger partial charge in [-0.15, -0.1) is 5.10 Å². The minimum atomic E-state index is -3.83. The molecule has 4 rings (SSSR count). The first-order chi connectivity index (χ1) is 16.6. The number of carbonyl (C=O) groups is 1. The highest BCUT2D eigenvalue weighted by atomic mass is 32.2. The number of rotatable bonds is 8. The summed E-state index contributed by atoms with van der Waals surface area (Å²) in [5.74, 6) is 0.255. The summed E-state index contributed by atoms with van der Waals surface area (Å²) in [5, 5.41) is 14.0. The van der Waals surface area contributed by atoms with Gasteiger partial charge in [0.2, 0.25) is 15.8 Å². The first kappa shape index (κ1) is 24.3. The highest BCUT2D eigenvalue weighted by Crippen LogP contribution is 2.18. The van der Waals surface area contributed by atoms with E-state index in [1.54, 1.807) is 30.1 Å². The maximum absolute atomic E-state index is 13.2. The molecule has 0 aliphatic rings. The third kappa shape index (κ3) is 5.64. The third-order valence-corrected chi connectivity index (χ3v) is 6.36. The van der Waals surface area contributed by atoms with Crippen molar-refractivity contribution in [2.45, 2.75) is 37.8 Å². The maximum Gasteiger partial charge on any atom is 0.293 e. The van der Waals surface area contributed by atoms with Gasteiger partial charge in [0.15, 0.2) is 0 Å². The van der Waals surface area contributed by atoms with E-state index in [9.17, 15) is 13.2 Å². The second-order valence-corrected chi connectivity index (χ2v) is 10.1. The molecule has 2 aromatic heterocycles. The molecule has 182 valence electrons. The highest BCUT2D eigenvalue weighted by molar-refractivity contribution is 7.89. The minimum Gasteiger partial charge on any atom is -0.334 e. The Kier molecular flexibility index (Phi) is 6.81. The van der Waals surface area contributed by atoms with Gasteiger partial charge in [-0.25, -0.2) is 23.2 Å². The molecule has 0 fully saturated rings. The van der Waals surface area contributed by atoms with Crippen LogP contribution in [0.15, 0.2) is 71.9 Å². The number of hydrogen-bond acceptors (Lipinski definition) is 6. The highest BCUT2D eigenvalue weighted by Gasteiger charge is 2.22. The van der Waals surface area contributed by atoms with Gasteiger partial charge in [0, 0.05) is 37.8 Å². The molecule has 2 aromatic carbocycles. The SMILES string of the molecule is CC(C)n1cc(CN(C)C(=O)c2nc(Cc3ccccc3)n(-c3ccc(S(N)(=O)=O)cc3)n2)cn1. The molecule has 35 heavy (non-hydrogen) atoms. The lowest BCUT2D eigenvalue weighted by Gasteiger charge is -2.14. The molecule has 4 aromatic rings. The minimum absolute atomic E-state index is 0.0102. The van der Waals surface area contributed by atoms with Crippen molar-refractivity contribution in [3.63, 3.8) is 0 Å². The molecule has 0 spiro atoms. The normalized spacial score (nSPS) is 11.7. The number of primary sulfonamides is 1. The Morgan fingerprint density at radius 2 is 1.74 bits per heavy atom. The second-order valence-electron chi connectivity index (χ2n) is 8.55. The van der Waals surface area contributed by atoms with Crippen molar-refractivity contribution >= 4 is 15.9 Å². The zero-order valence-corrected chi connectivity index (χ0v) is 20.6. The van der Waals surface area contributed by atoms with Gasteiger partial charge >= 0.3 is 0 Å². The monoisotopic (exact) mass is 493 g/mol. The molecule has 0 unspecified atom stereocenters. The Bertz CT molecular complexity index is 1430. The molecule has 0 atom stereocenters. The van der Waals surface area contributed by atoms with E-state index in [2.05, 4.69) is 15.2 Å². The van der Waals surface area contributed by atoms with Gasteiger partial charge in [-0.05, 0) is 43.7 Å². The van der Waals surface area contributed by atoms with E-state index in [-0.39, 0.29) is 22.7 Å². The predicted octanol–water partition coefficient (Wildman–Crippen LogP) is 2.56. The van der Waals surface area contributed by atoms with Crippen molar-refractivity contribution in [3.05, 3.63) is 89.8 Å². The lowest BCUT2D eigenvalue weighted by Crippen LogP contribution is -2.27. The number of benzene rings is 2. The smallest absolute Gasteiger partial charge is 0.293 e. The molecular weight excluding hydrogens is 466 g/mol. The van der Waals surface area contributed by atoms with Crippen LogP contribution in [0.3, 0.4) is 0 Å². The summed E-state index contributed by atoms with van der Waals surface area (Å²) in [7, 11) is -2.14. The molecule has 0 radical (unpaired) electrons. The van der Waals surface area contributed by atoms with Crippen molar-refractivity contribution in [3.8, 4) is 5.69 Å². The van der Waals surface area contributed by atoms with Gasteiger partial charge in [0.25, 0.3) is 5.91 Å². The maximum atomic E-state index is 13.2. The van der Waals surface area contributed by atoms with Crippen LogP contribution in [0.4, 0.5) is 0 Å². The van der Waals surface area contributed by atoms with Crippen LogP contribution in [-0.2, 0) is 23.0 Å². The molecule has 11 heteroatoms. The number of aromatic nitrogens is 5. The van der Waals surface area contributed by atoms with Crippen molar-refractivity contribution in [2.75, 3.05) is 7.05 Å². The standard InChI is InChI=1S/C24H27N7O3S/c1-17(2)30-16-19(14-26-30)15-29(3)24(32)23-27-22(13-18-7-5-4-6-8-18)31(28-23)20-9-11-21(12-10-20)35(25,33)34/h4-12,14,16-17H,13,15H2,1-3H3,(H2,25,33,34). The topological polar surface area (TPSA) is 129 Å². The fraction of sp³-hybridized carbons (Fsp3) is 0.250. The molecule has 0 aliphatic heterocycles. The Morgan fingerprint density at radius 3 is 2.34 bits per heavy atom. The summed E-state index contributed by atoms with van der Waals surface area (Å²) in [6.07, 6.45) is 4.08. The number of sulfonamides is 1. The van der Waals surface area contributed by atoms with E-state index in [0.29, 0.717) is 24.5 Å². The van der Waals surface area contributed by atoms with E-state index in [1.807, 2.05) is 55.1 Å². The summed E-state index contributed by atoms with van der Waals surface area (Å²) in [5.41, 5.74) is 2.46. The largest absolute Gasteiger partial charge is 0.334 e. The summed E-state index contributed by atoms with van der Waals surface area (Å²) < 4.78 is 26.7. The number of nitrogens with two attached hydrogens (primary N) is 1. The average Bonchev–Trinajstić information content (AvgIpc) is 3.46. The van der Waals surface area contributed by atoms with Gasteiger partial charge in [0.1, 0.15) is 5.82 Å².